The molecule has 0 aromatic heterocycles. The number of hydrogen-bond donors (Lipinski definition) is 2. The summed E-state index contributed by atoms with van der Waals surface area (Å²) in [7, 11) is 0. The second-order valence-electron chi connectivity index (χ2n) is 7.01. The molecule has 2 aromatic rings. The van der Waals surface area contributed by atoms with Gasteiger partial charge in [0.2, 0.25) is 0 Å². The molecule has 5 heteroatoms. The zero-order valence-electron chi connectivity index (χ0n) is 16.7. The molecule has 1 aliphatic rings. The summed E-state index contributed by atoms with van der Waals surface area (Å²) in [6, 6.07) is 18.7. The Morgan fingerprint density at radius 1 is 1.00 bits per heavy atom. The molecule has 0 spiro atoms. The first-order valence-electron chi connectivity index (χ1n) is 10.2. The molecule has 2 aromatic carbocycles. The molecule has 0 saturated carbocycles. The smallest absolute Gasteiger partial charge is 0.191 e. The largest absolute Gasteiger partial charge is 0.376 e. The Balaban J connectivity index is 1.44. The molecule has 3 rings (SSSR count). The molecule has 0 amide bonds. The molecule has 5 nitrogen and oxygen atoms in total. The van der Waals surface area contributed by atoms with Gasteiger partial charge in [0, 0.05) is 19.7 Å². The first-order valence-corrected chi connectivity index (χ1v) is 10.2. The van der Waals surface area contributed by atoms with E-state index >= 15 is 0 Å². The van der Waals surface area contributed by atoms with Crippen molar-refractivity contribution in [2.24, 2.45) is 4.99 Å². The van der Waals surface area contributed by atoms with Gasteiger partial charge in [-0.15, -0.1) is 0 Å². The minimum atomic E-state index is 0.305. The van der Waals surface area contributed by atoms with E-state index < -0.39 is 0 Å². The highest BCUT2D eigenvalue weighted by molar-refractivity contribution is 5.79. The van der Waals surface area contributed by atoms with Crippen molar-refractivity contribution in [1.82, 2.24) is 10.6 Å². The highest BCUT2D eigenvalue weighted by atomic mass is 16.5. The van der Waals surface area contributed by atoms with Crippen molar-refractivity contribution in [1.29, 1.82) is 0 Å². The van der Waals surface area contributed by atoms with E-state index in [1.807, 2.05) is 18.2 Å². The molecule has 0 bridgehead atoms. The topological polar surface area (TPSA) is 54.9 Å². The molecule has 1 atom stereocenters. The molecule has 1 fully saturated rings. The molecule has 150 valence electrons. The van der Waals surface area contributed by atoms with E-state index in [9.17, 15) is 0 Å². The summed E-state index contributed by atoms with van der Waals surface area (Å²) in [6.07, 6.45) is 2.58. The highest BCUT2D eigenvalue weighted by Gasteiger charge is 2.15. The van der Waals surface area contributed by atoms with Gasteiger partial charge >= 0.3 is 0 Å². The van der Waals surface area contributed by atoms with Crippen LogP contribution in [0.5, 0.6) is 0 Å². The predicted octanol–water partition coefficient (Wildman–Crippen LogP) is 3.64. The fraction of sp³-hybridized carbons (Fsp3) is 0.435. The number of ether oxygens (including phenoxy) is 2. The third-order valence-corrected chi connectivity index (χ3v) is 4.69. The molecule has 2 N–H and O–H groups in total. The van der Waals surface area contributed by atoms with Crippen molar-refractivity contribution in [2.45, 2.75) is 45.6 Å². The maximum atomic E-state index is 5.80. The fourth-order valence-corrected chi connectivity index (χ4v) is 3.13. The van der Waals surface area contributed by atoms with Crippen molar-refractivity contribution in [3.05, 3.63) is 71.3 Å². The van der Waals surface area contributed by atoms with E-state index in [-0.39, 0.29) is 0 Å². The minimum Gasteiger partial charge on any atom is -0.376 e. The third kappa shape index (κ3) is 6.98. The molecule has 1 heterocycles. The van der Waals surface area contributed by atoms with Crippen LogP contribution in [0.15, 0.2) is 59.6 Å². The van der Waals surface area contributed by atoms with Crippen LogP contribution in [0, 0.1) is 0 Å². The molecule has 28 heavy (non-hydrogen) atoms. The Bertz CT molecular complexity index is 710. The Kier molecular flexibility index (Phi) is 8.34. The SMILES string of the molecule is CCNC(=NCc1ccc(COCc2ccccc2)cc1)NCC1CCCO1. The van der Waals surface area contributed by atoms with E-state index in [4.69, 9.17) is 9.47 Å². The van der Waals surface area contributed by atoms with Crippen molar-refractivity contribution in [3.8, 4) is 0 Å². The van der Waals surface area contributed by atoms with Crippen molar-refractivity contribution in [3.63, 3.8) is 0 Å². The van der Waals surface area contributed by atoms with Gasteiger partial charge in [0.1, 0.15) is 0 Å². The molecular weight excluding hydrogens is 350 g/mol. The van der Waals surface area contributed by atoms with Crippen LogP contribution >= 0.6 is 0 Å². The maximum Gasteiger partial charge on any atom is 0.191 e. The molecule has 0 aliphatic carbocycles. The number of nitrogens with zero attached hydrogens (tertiary/aromatic N) is 1. The van der Waals surface area contributed by atoms with Crippen molar-refractivity contribution in [2.75, 3.05) is 19.7 Å². The van der Waals surface area contributed by atoms with Gasteiger partial charge in [-0.25, -0.2) is 4.99 Å². The Labute approximate surface area is 168 Å². The number of benzene rings is 2. The second-order valence-corrected chi connectivity index (χ2v) is 7.01. The van der Waals surface area contributed by atoms with E-state index in [0.29, 0.717) is 25.9 Å². The summed E-state index contributed by atoms with van der Waals surface area (Å²) in [5.41, 5.74) is 3.55. The number of nitrogens with one attached hydrogen (secondary N) is 2. The Morgan fingerprint density at radius 2 is 1.71 bits per heavy atom. The average molecular weight is 382 g/mol. The zero-order chi connectivity index (χ0) is 19.4. The Hall–Kier alpha value is -2.37. The monoisotopic (exact) mass is 381 g/mol. The van der Waals surface area contributed by atoms with Gasteiger partial charge in [-0.2, -0.15) is 0 Å². The quantitative estimate of drug-likeness (QED) is 0.514. The first-order chi connectivity index (χ1) is 13.8. The van der Waals surface area contributed by atoms with Crippen LogP contribution in [-0.2, 0) is 29.2 Å². The fourth-order valence-electron chi connectivity index (χ4n) is 3.13. The molecule has 1 saturated heterocycles. The van der Waals surface area contributed by atoms with Gasteiger partial charge in [-0.05, 0) is 36.5 Å². The number of hydrogen-bond acceptors (Lipinski definition) is 3. The maximum absolute atomic E-state index is 5.80. The highest BCUT2D eigenvalue weighted by Crippen LogP contribution is 2.11. The molecular formula is C23H31N3O2. The van der Waals surface area contributed by atoms with Gasteiger partial charge in [0.15, 0.2) is 5.96 Å². The molecule has 1 aliphatic heterocycles. The molecule has 1 unspecified atom stereocenters. The lowest BCUT2D eigenvalue weighted by atomic mass is 10.1. The summed E-state index contributed by atoms with van der Waals surface area (Å²) in [6.45, 7) is 6.50. The summed E-state index contributed by atoms with van der Waals surface area (Å²) in [5.74, 6) is 0.841. The van der Waals surface area contributed by atoms with Gasteiger partial charge in [-0.3, -0.25) is 0 Å². The summed E-state index contributed by atoms with van der Waals surface area (Å²) in [4.78, 5) is 4.68. The summed E-state index contributed by atoms with van der Waals surface area (Å²) < 4.78 is 11.5. The molecule has 0 radical (unpaired) electrons. The standard InChI is InChI=1S/C23H31N3O2/c1-2-24-23(26-16-22-9-6-14-28-22)25-15-19-10-12-21(13-11-19)18-27-17-20-7-4-3-5-8-20/h3-5,7-8,10-13,22H,2,6,9,14-18H2,1H3,(H2,24,25,26). The lowest BCUT2D eigenvalue weighted by Gasteiger charge is -2.14. The van der Waals surface area contributed by atoms with Gasteiger partial charge in [0.05, 0.1) is 25.9 Å². The van der Waals surface area contributed by atoms with Crippen LogP contribution < -0.4 is 10.6 Å². The van der Waals surface area contributed by atoms with Crippen LogP contribution in [0.1, 0.15) is 36.5 Å². The van der Waals surface area contributed by atoms with Crippen LogP contribution in [0.3, 0.4) is 0 Å². The minimum absolute atomic E-state index is 0.305. The summed E-state index contributed by atoms with van der Waals surface area (Å²) in [5, 5.41) is 6.68. The first kappa shape index (κ1) is 20.4. The van der Waals surface area contributed by atoms with E-state index in [1.54, 1.807) is 0 Å². The van der Waals surface area contributed by atoms with Crippen molar-refractivity contribution < 1.29 is 9.47 Å². The van der Waals surface area contributed by atoms with Gasteiger partial charge in [0.25, 0.3) is 0 Å². The average Bonchev–Trinajstić information content (AvgIpc) is 3.25. The number of aliphatic imine (C=N–C) groups is 1. The lowest BCUT2D eigenvalue weighted by molar-refractivity contribution is 0.107. The van der Waals surface area contributed by atoms with Crippen LogP contribution in [-0.4, -0.2) is 31.8 Å². The normalized spacial score (nSPS) is 16.9. The number of guanidine groups is 1. The number of rotatable bonds is 9. The summed E-state index contributed by atoms with van der Waals surface area (Å²) >= 11 is 0. The van der Waals surface area contributed by atoms with E-state index in [2.05, 4.69) is 58.9 Å². The van der Waals surface area contributed by atoms with Crippen molar-refractivity contribution >= 4 is 5.96 Å². The van der Waals surface area contributed by atoms with E-state index in [1.165, 1.54) is 16.7 Å². The van der Waals surface area contributed by atoms with E-state index in [0.717, 1.165) is 38.5 Å². The lowest BCUT2D eigenvalue weighted by Crippen LogP contribution is -2.41. The second kappa shape index (κ2) is 11.5. The Morgan fingerprint density at radius 3 is 2.39 bits per heavy atom. The van der Waals surface area contributed by atoms with Gasteiger partial charge in [-0.1, -0.05) is 54.6 Å². The third-order valence-electron chi connectivity index (χ3n) is 4.69. The zero-order valence-corrected chi connectivity index (χ0v) is 16.7. The van der Waals surface area contributed by atoms with Gasteiger partial charge < -0.3 is 20.1 Å². The van der Waals surface area contributed by atoms with Crippen LogP contribution in [0.2, 0.25) is 0 Å². The van der Waals surface area contributed by atoms with Crippen LogP contribution in [0.25, 0.3) is 0 Å². The van der Waals surface area contributed by atoms with Crippen LogP contribution in [0.4, 0.5) is 0 Å². The predicted molar refractivity (Wildman–Crippen MR) is 113 cm³/mol.